The van der Waals surface area contributed by atoms with E-state index in [4.69, 9.17) is 0 Å². The maximum Gasteiger partial charge on any atom is 0.0457 e. The van der Waals surface area contributed by atoms with Crippen LogP contribution in [-0.4, -0.2) is 4.98 Å². The van der Waals surface area contributed by atoms with E-state index in [-0.39, 0.29) is 0 Å². The van der Waals surface area contributed by atoms with Crippen molar-refractivity contribution in [3.8, 4) is 0 Å². The van der Waals surface area contributed by atoms with Crippen LogP contribution in [0.4, 0.5) is 0 Å². The molecular formula is C19H22N2. The third-order valence-corrected chi connectivity index (χ3v) is 4.17. The number of nitrogens with one attached hydrogen (secondary N) is 2. The van der Waals surface area contributed by atoms with E-state index in [1.165, 1.54) is 33.2 Å². The van der Waals surface area contributed by atoms with Gasteiger partial charge in [0.05, 0.1) is 0 Å². The van der Waals surface area contributed by atoms with E-state index in [1.807, 2.05) is 0 Å². The Labute approximate surface area is 126 Å². The zero-order valence-electron chi connectivity index (χ0n) is 12.9. The second kappa shape index (κ2) is 5.74. The number of aromatic nitrogens is 1. The van der Waals surface area contributed by atoms with Crippen LogP contribution < -0.4 is 5.32 Å². The molecular weight excluding hydrogens is 256 g/mol. The van der Waals surface area contributed by atoms with Crippen LogP contribution in [0.25, 0.3) is 10.9 Å². The summed E-state index contributed by atoms with van der Waals surface area (Å²) in [6.07, 6.45) is 2.10. The van der Waals surface area contributed by atoms with Crippen LogP contribution in [0, 0.1) is 13.8 Å². The first-order valence-corrected chi connectivity index (χ1v) is 7.50. The minimum Gasteiger partial charge on any atom is -0.361 e. The number of benzene rings is 2. The molecule has 3 rings (SSSR count). The first-order valence-electron chi connectivity index (χ1n) is 7.50. The molecule has 2 N–H and O–H groups in total. The van der Waals surface area contributed by atoms with Gasteiger partial charge in [0.1, 0.15) is 0 Å². The normalized spacial score (nSPS) is 12.7. The minimum absolute atomic E-state index is 0.346. The molecule has 2 nitrogen and oxygen atoms in total. The molecule has 0 radical (unpaired) electrons. The molecule has 0 aliphatic heterocycles. The average Bonchev–Trinajstić information content (AvgIpc) is 2.90. The molecule has 108 valence electrons. The highest BCUT2D eigenvalue weighted by molar-refractivity contribution is 5.82. The molecule has 1 atom stereocenters. The van der Waals surface area contributed by atoms with Gasteiger partial charge < -0.3 is 10.3 Å². The van der Waals surface area contributed by atoms with Crippen LogP contribution in [0.1, 0.15) is 35.2 Å². The van der Waals surface area contributed by atoms with Crippen LogP contribution in [-0.2, 0) is 6.54 Å². The molecule has 21 heavy (non-hydrogen) atoms. The maximum absolute atomic E-state index is 3.64. The van der Waals surface area contributed by atoms with Crippen molar-refractivity contribution in [3.05, 3.63) is 70.9 Å². The summed E-state index contributed by atoms with van der Waals surface area (Å²) in [5.74, 6) is 0. The molecule has 2 heteroatoms. The number of fused-ring (bicyclic) bond motifs is 1. The van der Waals surface area contributed by atoms with Gasteiger partial charge in [-0.15, -0.1) is 0 Å². The Balaban J connectivity index is 1.76. The quantitative estimate of drug-likeness (QED) is 0.715. The monoisotopic (exact) mass is 278 g/mol. The molecule has 0 fully saturated rings. The van der Waals surface area contributed by atoms with Crippen molar-refractivity contribution in [3.63, 3.8) is 0 Å². The third kappa shape index (κ3) is 2.86. The number of hydrogen-bond donors (Lipinski definition) is 2. The van der Waals surface area contributed by atoms with Crippen molar-refractivity contribution in [1.82, 2.24) is 10.3 Å². The summed E-state index contributed by atoms with van der Waals surface area (Å²) in [7, 11) is 0. The second-order valence-corrected chi connectivity index (χ2v) is 5.82. The molecule has 1 heterocycles. The minimum atomic E-state index is 0.346. The Morgan fingerprint density at radius 1 is 1.10 bits per heavy atom. The van der Waals surface area contributed by atoms with E-state index in [0.717, 1.165) is 6.54 Å². The van der Waals surface area contributed by atoms with E-state index in [1.54, 1.807) is 0 Å². The van der Waals surface area contributed by atoms with Gasteiger partial charge in [-0.25, -0.2) is 0 Å². The molecule has 0 aliphatic carbocycles. The Hall–Kier alpha value is -2.06. The highest BCUT2D eigenvalue weighted by Gasteiger charge is 2.09. The summed E-state index contributed by atoms with van der Waals surface area (Å²) in [6, 6.07) is 15.4. The summed E-state index contributed by atoms with van der Waals surface area (Å²) >= 11 is 0. The summed E-state index contributed by atoms with van der Waals surface area (Å²) in [4.78, 5) is 3.33. The van der Waals surface area contributed by atoms with Crippen molar-refractivity contribution in [1.29, 1.82) is 0 Å². The van der Waals surface area contributed by atoms with Crippen molar-refractivity contribution in [2.24, 2.45) is 0 Å². The van der Waals surface area contributed by atoms with E-state index >= 15 is 0 Å². The Morgan fingerprint density at radius 2 is 1.90 bits per heavy atom. The SMILES string of the molecule is Cc1ccc(C)c(C(C)NCc2c[nH]c3ccccc23)c1. The van der Waals surface area contributed by atoms with Crippen molar-refractivity contribution in [2.75, 3.05) is 0 Å². The van der Waals surface area contributed by atoms with Gasteiger partial charge in [0.25, 0.3) is 0 Å². The number of H-pyrrole nitrogens is 1. The molecule has 0 spiro atoms. The summed E-state index contributed by atoms with van der Waals surface area (Å²) in [5, 5.41) is 4.95. The van der Waals surface area contributed by atoms with Crippen LogP contribution in [0.5, 0.6) is 0 Å². The lowest BCUT2D eigenvalue weighted by Gasteiger charge is -2.17. The highest BCUT2D eigenvalue weighted by Crippen LogP contribution is 2.21. The van der Waals surface area contributed by atoms with E-state index in [2.05, 4.69) is 79.7 Å². The fourth-order valence-electron chi connectivity index (χ4n) is 2.88. The number of hydrogen-bond acceptors (Lipinski definition) is 1. The fraction of sp³-hybridized carbons (Fsp3) is 0.263. The van der Waals surface area contributed by atoms with E-state index in [0.29, 0.717) is 6.04 Å². The molecule has 2 aromatic carbocycles. The summed E-state index contributed by atoms with van der Waals surface area (Å²) in [5.41, 5.74) is 6.57. The lowest BCUT2D eigenvalue weighted by atomic mass is 10.00. The average molecular weight is 278 g/mol. The number of para-hydroxylation sites is 1. The molecule has 3 aromatic rings. The topological polar surface area (TPSA) is 27.8 Å². The first kappa shape index (κ1) is 13.9. The van der Waals surface area contributed by atoms with Crippen molar-refractivity contribution >= 4 is 10.9 Å². The van der Waals surface area contributed by atoms with Crippen LogP contribution >= 0.6 is 0 Å². The number of rotatable bonds is 4. The van der Waals surface area contributed by atoms with Gasteiger partial charge in [-0.2, -0.15) is 0 Å². The molecule has 0 aliphatic rings. The lowest BCUT2D eigenvalue weighted by molar-refractivity contribution is 0.573. The van der Waals surface area contributed by atoms with E-state index < -0.39 is 0 Å². The van der Waals surface area contributed by atoms with Gasteiger partial charge in [-0.05, 0) is 43.5 Å². The largest absolute Gasteiger partial charge is 0.361 e. The van der Waals surface area contributed by atoms with Gasteiger partial charge in [-0.1, -0.05) is 42.0 Å². The van der Waals surface area contributed by atoms with E-state index in [9.17, 15) is 0 Å². The van der Waals surface area contributed by atoms with Crippen molar-refractivity contribution in [2.45, 2.75) is 33.4 Å². The molecule has 0 bridgehead atoms. The predicted octanol–water partition coefficient (Wildman–Crippen LogP) is 4.64. The standard InChI is InChI=1S/C19H22N2/c1-13-8-9-14(2)18(10-13)15(3)20-11-16-12-21-19-7-5-4-6-17(16)19/h4-10,12,15,20-21H,11H2,1-3H3. The fourth-order valence-corrected chi connectivity index (χ4v) is 2.88. The Bertz CT molecular complexity index is 755. The maximum atomic E-state index is 3.64. The smallest absolute Gasteiger partial charge is 0.0457 e. The van der Waals surface area contributed by atoms with Crippen molar-refractivity contribution < 1.29 is 0 Å². The molecule has 0 saturated carbocycles. The first-order chi connectivity index (χ1) is 10.1. The third-order valence-electron chi connectivity index (χ3n) is 4.17. The predicted molar refractivity (Wildman–Crippen MR) is 89.5 cm³/mol. The Morgan fingerprint density at radius 3 is 2.76 bits per heavy atom. The van der Waals surface area contributed by atoms with Gasteiger partial charge in [0.2, 0.25) is 0 Å². The zero-order chi connectivity index (χ0) is 14.8. The molecule has 1 aromatic heterocycles. The summed E-state index contributed by atoms with van der Waals surface area (Å²) in [6.45, 7) is 7.43. The number of aryl methyl sites for hydroxylation is 2. The van der Waals surface area contributed by atoms with Gasteiger partial charge in [-0.3, -0.25) is 0 Å². The Kier molecular flexibility index (Phi) is 3.80. The van der Waals surface area contributed by atoms with Crippen LogP contribution in [0.2, 0.25) is 0 Å². The lowest BCUT2D eigenvalue weighted by Crippen LogP contribution is -2.18. The van der Waals surface area contributed by atoms with Crippen LogP contribution in [0.15, 0.2) is 48.7 Å². The van der Waals surface area contributed by atoms with Gasteiger partial charge in [0.15, 0.2) is 0 Å². The molecule has 0 amide bonds. The number of aromatic amines is 1. The van der Waals surface area contributed by atoms with Crippen LogP contribution in [0.3, 0.4) is 0 Å². The zero-order valence-corrected chi connectivity index (χ0v) is 12.9. The van der Waals surface area contributed by atoms with Gasteiger partial charge >= 0.3 is 0 Å². The molecule has 0 saturated heterocycles. The highest BCUT2D eigenvalue weighted by atomic mass is 14.9. The summed E-state index contributed by atoms with van der Waals surface area (Å²) < 4.78 is 0. The van der Waals surface area contributed by atoms with Gasteiger partial charge in [0, 0.05) is 29.7 Å². The second-order valence-electron chi connectivity index (χ2n) is 5.82. The molecule has 1 unspecified atom stereocenters.